The van der Waals surface area contributed by atoms with Crippen LogP contribution in [0.25, 0.3) is 6.08 Å². The van der Waals surface area contributed by atoms with E-state index in [-0.39, 0.29) is 18.8 Å². The van der Waals surface area contributed by atoms with Crippen molar-refractivity contribution in [2.24, 2.45) is 5.92 Å². The molecule has 0 aromatic heterocycles. The van der Waals surface area contributed by atoms with Crippen LogP contribution < -0.4 is 9.47 Å². The predicted molar refractivity (Wildman–Crippen MR) is 154 cm³/mol. The Kier molecular flexibility index (Phi) is 9.30. The molecule has 5 atom stereocenters. The summed E-state index contributed by atoms with van der Waals surface area (Å²) in [4.78, 5) is 26.8. The third kappa shape index (κ3) is 6.86. The maximum absolute atomic E-state index is 13.7. The summed E-state index contributed by atoms with van der Waals surface area (Å²) in [5.41, 5.74) is 1.32. The molecule has 9 nitrogen and oxygen atoms in total. The van der Waals surface area contributed by atoms with Gasteiger partial charge in [-0.25, -0.2) is 9.59 Å². The van der Waals surface area contributed by atoms with Crippen LogP contribution in [-0.4, -0.2) is 63.2 Å². The van der Waals surface area contributed by atoms with Crippen LogP contribution >= 0.6 is 0 Å². The summed E-state index contributed by atoms with van der Waals surface area (Å²) in [5, 5.41) is 0. The molecule has 2 aromatic carbocycles. The van der Waals surface area contributed by atoms with E-state index in [4.69, 9.17) is 33.2 Å². The SMILES string of the molecule is COCOc1cc(OC)cc2c1C(=O)O[C@H]1CCC[C@@H]1/C=C\C(OC(=O)c1ccccc1)[C@H]1OC(C)(C)O[C@H]1CC=C2. The van der Waals surface area contributed by atoms with E-state index >= 15 is 0 Å². The molecule has 0 N–H and O–H groups in total. The van der Waals surface area contributed by atoms with Crippen molar-refractivity contribution in [3.8, 4) is 11.5 Å². The van der Waals surface area contributed by atoms with Crippen molar-refractivity contribution in [1.29, 1.82) is 0 Å². The molecule has 1 unspecified atom stereocenters. The van der Waals surface area contributed by atoms with Gasteiger partial charge < -0.3 is 33.2 Å². The Morgan fingerprint density at radius 2 is 1.83 bits per heavy atom. The van der Waals surface area contributed by atoms with Gasteiger partial charge in [-0.05, 0) is 69.4 Å². The van der Waals surface area contributed by atoms with Crippen LogP contribution in [-0.2, 0) is 23.7 Å². The second kappa shape index (κ2) is 13.1. The van der Waals surface area contributed by atoms with E-state index in [1.165, 1.54) is 7.11 Å². The maximum Gasteiger partial charge on any atom is 0.342 e. The van der Waals surface area contributed by atoms with E-state index in [2.05, 4.69) is 0 Å². The highest BCUT2D eigenvalue weighted by Crippen LogP contribution is 2.37. The fraction of sp³-hybridized carbons (Fsp3) is 0.455. The van der Waals surface area contributed by atoms with Gasteiger partial charge in [0.2, 0.25) is 0 Å². The first-order valence-corrected chi connectivity index (χ1v) is 14.3. The van der Waals surface area contributed by atoms with Gasteiger partial charge in [-0.15, -0.1) is 0 Å². The van der Waals surface area contributed by atoms with Gasteiger partial charge in [-0.2, -0.15) is 0 Å². The lowest BCUT2D eigenvalue weighted by atomic mass is 9.98. The molecule has 9 heteroatoms. The summed E-state index contributed by atoms with van der Waals surface area (Å²) in [7, 11) is 3.06. The highest BCUT2D eigenvalue weighted by molar-refractivity contribution is 5.97. The highest BCUT2D eigenvalue weighted by Gasteiger charge is 2.46. The summed E-state index contributed by atoms with van der Waals surface area (Å²) >= 11 is 0. The summed E-state index contributed by atoms with van der Waals surface area (Å²) in [6.45, 7) is 3.64. The minimum absolute atomic E-state index is 0.0432. The molecule has 2 heterocycles. The van der Waals surface area contributed by atoms with Gasteiger partial charge in [-0.1, -0.05) is 36.4 Å². The monoisotopic (exact) mass is 578 g/mol. The fourth-order valence-electron chi connectivity index (χ4n) is 5.72. The van der Waals surface area contributed by atoms with Gasteiger partial charge in [0.1, 0.15) is 35.4 Å². The lowest BCUT2D eigenvalue weighted by molar-refractivity contribution is -0.152. The van der Waals surface area contributed by atoms with Crippen LogP contribution in [0.1, 0.15) is 65.8 Å². The van der Waals surface area contributed by atoms with Crippen LogP contribution in [0, 0.1) is 5.92 Å². The predicted octanol–water partition coefficient (Wildman–Crippen LogP) is 5.72. The lowest BCUT2D eigenvalue weighted by Gasteiger charge is -2.25. The van der Waals surface area contributed by atoms with Crippen LogP contribution in [0.4, 0.5) is 0 Å². The lowest BCUT2D eigenvalue weighted by Crippen LogP contribution is -2.37. The number of hydrogen-bond acceptors (Lipinski definition) is 9. The first kappa shape index (κ1) is 29.8. The Labute approximate surface area is 246 Å². The highest BCUT2D eigenvalue weighted by atomic mass is 16.8. The smallest absolute Gasteiger partial charge is 0.342 e. The van der Waals surface area contributed by atoms with E-state index in [9.17, 15) is 9.59 Å². The molecule has 1 aliphatic carbocycles. The normalized spacial score (nSPS) is 27.5. The van der Waals surface area contributed by atoms with Crippen LogP contribution in [0.2, 0.25) is 0 Å². The van der Waals surface area contributed by atoms with Crippen molar-refractivity contribution in [2.45, 2.75) is 69.7 Å². The van der Waals surface area contributed by atoms with E-state index in [1.54, 1.807) is 43.5 Å². The van der Waals surface area contributed by atoms with Gasteiger partial charge in [0.15, 0.2) is 12.6 Å². The van der Waals surface area contributed by atoms with Crippen molar-refractivity contribution < 1.29 is 42.7 Å². The standard InChI is InChI=1S/C33H38O9/c1-33(2)41-27-15-9-13-23-18-24(37-4)19-28(38-20-36-3)29(23)32(35)39-25-14-8-12-21(25)16-17-26(30(27)42-33)40-31(34)22-10-6-5-7-11-22/h5-7,9-11,13,16-19,21,25-27,30H,8,12,14-15,20H2,1-4H3/b13-9?,17-16-/t21-,25+,26?,27+,30-/m1/s1. The summed E-state index contributed by atoms with van der Waals surface area (Å²) in [6.07, 6.45) is 8.35. The average molecular weight is 579 g/mol. The zero-order valence-corrected chi connectivity index (χ0v) is 24.4. The molecular weight excluding hydrogens is 540 g/mol. The van der Waals surface area contributed by atoms with Gasteiger partial charge >= 0.3 is 11.9 Å². The molecule has 0 amide bonds. The van der Waals surface area contributed by atoms with Crippen LogP contribution in [0.3, 0.4) is 0 Å². The Bertz CT molecular complexity index is 1320. The largest absolute Gasteiger partial charge is 0.497 e. The molecule has 5 rings (SSSR count). The molecule has 42 heavy (non-hydrogen) atoms. The van der Waals surface area contributed by atoms with Gasteiger partial charge in [-0.3, -0.25) is 0 Å². The molecular formula is C33H38O9. The number of esters is 2. The number of rotatable bonds is 6. The number of fused-ring (bicyclic) bond motifs is 3. The quantitative estimate of drug-likeness (QED) is 0.242. The molecule has 2 aromatic rings. The number of benzene rings is 2. The Hall–Kier alpha value is -3.66. The molecule has 0 radical (unpaired) electrons. The fourth-order valence-corrected chi connectivity index (χ4v) is 5.72. The molecule has 3 aliphatic rings. The molecule has 2 fully saturated rings. The second-order valence-corrected chi connectivity index (χ2v) is 11.1. The second-order valence-electron chi connectivity index (χ2n) is 11.1. The van der Waals surface area contributed by atoms with Crippen molar-refractivity contribution >= 4 is 18.0 Å². The van der Waals surface area contributed by atoms with Crippen molar-refractivity contribution in [1.82, 2.24) is 0 Å². The van der Waals surface area contributed by atoms with Crippen molar-refractivity contribution in [2.75, 3.05) is 21.0 Å². The first-order valence-electron chi connectivity index (χ1n) is 14.3. The molecule has 0 spiro atoms. The van der Waals surface area contributed by atoms with E-state index < -0.39 is 36.0 Å². The number of carbonyl (C=O) groups is 2. The molecule has 1 saturated carbocycles. The van der Waals surface area contributed by atoms with E-state index in [1.807, 2.05) is 44.2 Å². The van der Waals surface area contributed by atoms with Gasteiger partial charge in [0, 0.05) is 19.1 Å². The Morgan fingerprint density at radius 1 is 1.02 bits per heavy atom. The number of hydrogen-bond donors (Lipinski definition) is 0. The first-order chi connectivity index (χ1) is 20.3. The maximum atomic E-state index is 13.7. The summed E-state index contributed by atoms with van der Waals surface area (Å²) in [5.74, 6) is -1.06. The Balaban J connectivity index is 1.54. The third-order valence-electron chi connectivity index (χ3n) is 7.65. The zero-order chi connectivity index (χ0) is 29.7. The van der Waals surface area contributed by atoms with E-state index in [0.717, 1.165) is 12.8 Å². The number of carbonyl (C=O) groups excluding carboxylic acids is 2. The summed E-state index contributed by atoms with van der Waals surface area (Å²) in [6, 6.07) is 12.3. The van der Waals surface area contributed by atoms with Gasteiger partial charge in [0.25, 0.3) is 0 Å². The molecule has 2 aliphatic heterocycles. The number of ether oxygens (including phenoxy) is 7. The molecule has 224 valence electrons. The van der Waals surface area contributed by atoms with Crippen LogP contribution in [0.15, 0.2) is 60.7 Å². The van der Waals surface area contributed by atoms with Crippen LogP contribution in [0.5, 0.6) is 11.5 Å². The Morgan fingerprint density at radius 3 is 2.60 bits per heavy atom. The minimum Gasteiger partial charge on any atom is -0.497 e. The topological polar surface area (TPSA) is 98.8 Å². The van der Waals surface area contributed by atoms with Crippen molar-refractivity contribution in [3.05, 3.63) is 77.4 Å². The molecule has 0 bridgehead atoms. The third-order valence-corrected chi connectivity index (χ3v) is 7.65. The number of methoxy groups -OCH3 is 2. The summed E-state index contributed by atoms with van der Waals surface area (Å²) < 4.78 is 41.2. The average Bonchev–Trinajstić information content (AvgIpc) is 3.55. The zero-order valence-electron chi connectivity index (χ0n) is 24.4. The molecule has 1 saturated heterocycles. The minimum atomic E-state index is -0.889. The van der Waals surface area contributed by atoms with E-state index in [0.29, 0.717) is 41.0 Å². The van der Waals surface area contributed by atoms with Gasteiger partial charge in [0.05, 0.1) is 18.8 Å². The van der Waals surface area contributed by atoms with Crippen molar-refractivity contribution in [3.63, 3.8) is 0 Å².